The number of hydrogen-bond donors (Lipinski definition) is 2. The van der Waals surface area contributed by atoms with Crippen LogP contribution in [0.1, 0.15) is 47.0 Å². The standard InChI is InChI=1S/C14H31N3O2S.HI/c1-5-15-14(16-10-8-7-9-13(3)4)17-11-12-20(18,19)6-2;/h13H,5-12H2,1-4H3,(H2,15,16,17);1H. The molecule has 0 spiro atoms. The molecular formula is C14H32IN3O2S. The lowest BCUT2D eigenvalue weighted by Crippen LogP contribution is -2.39. The summed E-state index contributed by atoms with van der Waals surface area (Å²) in [4.78, 5) is 4.46. The molecule has 7 heteroatoms. The Bertz CT molecular complexity index is 370. The highest BCUT2D eigenvalue weighted by Gasteiger charge is 2.07. The van der Waals surface area contributed by atoms with Gasteiger partial charge in [0.15, 0.2) is 15.8 Å². The second-order valence-corrected chi connectivity index (χ2v) is 7.79. The van der Waals surface area contributed by atoms with Gasteiger partial charge in [-0.15, -0.1) is 24.0 Å². The number of halogens is 1. The summed E-state index contributed by atoms with van der Waals surface area (Å²) in [5, 5.41) is 6.20. The highest BCUT2D eigenvalue weighted by Crippen LogP contribution is 2.05. The average Bonchev–Trinajstić information content (AvgIpc) is 2.37. The van der Waals surface area contributed by atoms with Crippen LogP contribution < -0.4 is 10.6 Å². The summed E-state index contributed by atoms with van der Waals surface area (Å²) in [6.07, 6.45) is 3.49. The van der Waals surface area contributed by atoms with Gasteiger partial charge in [-0.2, -0.15) is 0 Å². The minimum Gasteiger partial charge on any atom is -0.357 e. The van der Waals surface area contributed by atoms with Crippen molar-refractivity contribution in [2.24, 2.45) is 10.9 Å². The van der Waals surface area contributed by atoms with Crippen LogP contribution in [0.4, 0.5) is 0 Å². The van der Waals surface area contributed by atoms with Gasteiger partial charge >= 0.3 is 0 Å². The largest absolute Gasteiger partial charge is 0.357 e. The molecule has 0 aliphatic heterocycles. The molecule has 0 saturated heterocycles. The number of unbranched alkanes of at least 4 members (excludes halogenated alkanes) is 1. The molecule has 21 heavy (non-hydrogen) atoms. The maximum atomic E-state index is 11.4. The van der Waals surface area contributed by atoms with Crippen LogP contribution in [-0.2, 0) is 9.84 Å². The Morgan fingerprint density at radius 1 is 1.14 bits per heavy atom. The van der Waals surface area contributed by atoms with Gasteiger partial charge in [-0.3, -0.25) is 4.99 Å². The third-order valence-corrected chi connectivity index (χ3v) is 4.65. The molecule has 0 aliphatic carbocycles. The third kappa shape index (κ3) is 14.6. The van der Waals surface area contributed by atoms with E-state index in [0.29, 0.717) is 12.5 Å². The Labute approximate surface area is 147 Å². The molecule has 0 aromatic heterocycles. The summed E-state index contributed by atoms with van der Waals surface area (Å²) in [7, 11) is -2.91. The van der Waals surface area contributed by atoms with Gasteiger partial charge < -0.3 is 10.6 Å². The molecule has 0 bridgehead atoms. The second-order valence-electron chi connectivity index (χ2n) is 5.31. The first kappa shape index (κ1) is 23.2. The van der Waals surface area contributed by atoms with Crippen molar-refractivity contribution < 1.29 is 8.42 Å². The van der Waals surface area contributed by atoms with E-state index in [-0.39, 0.29) is 35.5 Å². The quantitative estimate of drug-likeness (QED) is 0.240. The maximum Gasteiger partial charge on any atom is 0.191 e. The van der Waals surface area contributed by atoms with Crippen LogP contribution in [0.15, 0.2) is 4.99 Å². The number of guanidine groups is 1. The van der Waals surface area contributed by atoms with Gasteiger partial charge in [-0.05, 0) is 19.3 Å². The van der Waals surface area contributed by atoms with Gasteiger partial charge in [-0.1, -0.05) is 33.6 Å². The van der Waals surface area contributed by atoms with Crippen molar-refractivity contribution in [2.45, 2.75) is 47.0 Å². The first-order valence-corrected chi connectivity index (χ1v) is 9.46. The van der Waals surface area contributed by atoms with Gasteiger partial charge in [0, 0.05) is 25.4 Å². The summed E-state index contributed by atoms with van der Waals surface area (Å²) in [5.74, 6) is 1.80. The number of aliphatic imine (C=N–C) groups is 1. The Balaban J connectivity index is 0. The van der Waals surface area contributed by atoms with E-state index in [1.807, 2.05) is 6.92 Å². The van der Waals surface area contributed by atoms with Gasteiger partial charge in [0.1, 0.15) is 0 Å². The molecule has 0 aromatic rings. The van der Waals surface area contributed by atoms with Crippen molar-refractivity contribution in [1.82, 2.24) is 10.6 Å². The molecule has 0 unspecified atom stereocenters. The van der Waals surface area contributed by atoms with Crippen molar-refractivity contribution in [1.29, 1.82) is 0 Å². The van der Waals surface area contributed by atoms with Crippen molar-refractivity contribution >= 4 is 39.8 Å². The SMILES string of the molecule is CCNC(=NCCCCC(C)C)NCCS(=O)(=O)CC.I. The summed E-state index contributed by atoms with van der Waals surface area (Å²) in [6, 6.07) is 0. The normalized spacial score (nSPS) is 12.1. The zero-order chi connectivity index (χ0) is 15.4. The van der Waals surface area contributed by atoms with Crippen LogP contribution in [0.5, 0.6) is 0 Å². The summed E-state index contributed by atoms with van der Waals surface area (Å²) in [6.45, 7) is 10.1. The van der Waals surface area contributed by atoms with Crippen LogP contribution >= 0.6 is 24.0 Å². The molecule has 0 aliphatic rings. The van der Waals surface area contributed by atoms with E-state index in [1.54, 1.807) is 6.92 Å². The van der Waals surface area contributed by atoms with Crippen LogP contribution in [0.25, 0.3) is 0 Å². The maximum absolute atomic E-state index is 11.4. The number of nitrogens with one attached hydrogen (secondary N) is 2. The topological polar surface area (TPSA) is 70.6 Å². The minimum absolute atomic E-state index is 0. The molecule has 5 nitrogen and oxygen atoms in total. The lowest BCUT2D eigenvalue weighted by Gasteiger charge is -2.11. The average molecular weight is 433 g/mol. The number of nitrogens with zero attached hydrogens (tertiary/aromatic N) is 1. The minimum atomic E-state index is -2.91. The molecular weight excluding hydrogens is 401 g/mol. The van der Waals surface area contributed by atoms with Gasteiger partial charge in [0.2, 0.25) is 0 Å². The van der Waals surface area contributed by atoms with Gasteiger partial charge in [0.05, 0.1) is 5.75 Å². The Hall–Kier alpha value is -0.0500. The first-order valence-electron chi connectivity index (χ1n) is 7.63. The molecule has 0 heterocycles. The van der Waals surface area contributed by atoms with E-state index in [1.165, 1.54) is 12.8 Å². The summed E-state index contributed by atoms with van der Waals surface area (Å²) in [5.41, 5.74) is 0. The van der Waals surface area contributed by atoms with E-state index in [4.69, 9.17) is 0 Å². The number of rotatable bonds is 10. The highest BCUT2D eigenvalue weighted by molar-refractivity contribution is 14.0. The monoisotopic (exact) mass is 433 g/mol. The van der Waals surface area contributed by atoms with Gasteiger partial charge in [0.25, 0.3) is 0 Å². The van der Waals surface area contributed by atoms with Crippen molar-refractivity contribution in [3.8, 4) is 0 Å². The zero-order valence-electron chi connectivity index (χ0n) is 13.8. The van der Waals surface area contributed by atoms with Crippen LogP contribution in [0.3, 0.4) is 0 Å². The Morgan fingerprint density at radius 2 is 1.81 bits per heavy atom. The predicted octanol–water partition coefficient (Wildman–Crippen LogP) is 2.42. The number of sulfone groups is 1. The summed E-state index contributed by atoms with van der Waals surface area (Å²) >= 11 is 0. The zero-order valence-corrected chi connectivity index (χ0v) is 17.0. The van der Waals surface area contributed by atoms with Crippen molar-refractivity contribution in [3.63, 3.8) is 0 Å². The molecule has 0 amide bonds. The first-order chi connectivity index (χ1) is 9.41. The summed E-state index contributed by atoms with van der Waals surface area (Å²) < 4.78 is 22.8. The van der Waals surface area contributed by atoms with Crippen LogP contribution in [0.2, 0.25) is 0 Å². The molecule has 0 atom stereocenters. The van der Waals surface area contributed by atoms with E-state index < -0.39 is 9.84 Å². The van der Waals surface area contributed by atoms with Crippen molar-refractivity contribution in [2.75, 3.05) is 31.1 Å². The lowest BCUT2D eigenvalue weighted by atomic mass is 10.1. The molecule has 0 fully saturated rings. The van der Waals surface area contributed by atoms with E-state index in [9.17, 15) is 8.42 Å². The highest BCUT2D eigenvalue weighted by atomic mass is 127. The molecule has 2 N–H and O–H groups in total. The molecule has 0 aromatic carbocycles. The fraction of sp³-hybridized carbons (Fsp3) is 0.929. The predicted molar refractivity (Wildman–Crippen MR) is 102 cm³/mol. The fourth-order valence-corrected chi connectivity index (χ4v) is 2.37. The molecule has 0 radical (unpaired) electrons. The van der Waals surface area contributed by atoms with E-state index >= 15 is 0 Å². The van der Waals surface area contributed by atoms with Crippen molar-refractivity contribution in [3.05, 3.63) is 0 Å². The van der Waals surface area contributed by atoms with E-state index in [0.717, 1.165) is 25.4 Å². The molecule has 0 rings (SSSR count). The molecule has 0 saturated carbocycles. The fourth-order valence-electron chi connectivity index (χ4n) is 1.67. The van der Waals surface area contributed by atoms with Gasteiger partial charge in [-0.25, -0.2) is 8.42 Å². The Morgan fingerprint density at radius 3 is 2.33 bits per heavy atom. The third-order valence-electron chi connectivity index (χ3n) is 2.95. The molecule has 128 valence electrons. The van der Waals surface area contributed by atoms with E-state index in [2.05, 4.69) is 29.5 Å². The van der Waals surface area contributed by atoms with Crippen LogP contribution in [0, 0.1) is 5.92 Å². The van der Waals surface area contributed by atoms with Crippen LogP contribution in [-0.4, -0.2) is 45.5 Å². The smallest absolute Gasteiger partial charge is 0.191 e. The number of hydrogen-bond acceptors (Lipinski definition) is 3. The second kappa shape index (κ2) is 13.6. The lowest BCUT2D eigenvalue weighted by molar-refractivity contribution is 0.541. The Kier molecular flexibility index (Phi) is 15.0.